The van der Waals surface area contributed by atoms with Crippen LogP contribution in [0.4, 0.5) is 11.6 Å². The Labute approximate surface area is 271 Å². The number of nitrogens with one attached hydrogen (secondary N) is 1. The molecule has 1 N–H and O–H groups in total. The maximum Gasteiger partial charge on any atom is 0.270 e. The summed E-state index contributed by atoms with van der Waals surface area (Å²) in [6, 6.07) is 24.6. The highest BCUT2D eigenvalue weighted by Crippen LogP contribution is 2.58. The molecule has 0 radical (unpaired) electrons. The molecular weight excluding hydrogens is 624 g/mol. The summed E-state index contributed by atoms with van der Waals surface area (Å²) in [5, 5.41) is 12.3. The molecule has 4 unspecified atom stereocenters. The summed E-state index contributed by atoms with van der Waals surface area (Å²) in [6.07, 6.45) is 5.99. The van der Waals surface area contributed by atoms with E-state index in [1.54, 1.807) is 36.7 Å². The Bertz CT molecular complexity index is 1880. The zero-order valence-electron chi connectivity index (χ0n) is 24.5. The van der Waals surface area contributed by atoms with Crippen molar-refractivity contribution >= 4 is 27.6 Å². The molecule has 4 fully saturated rings. The number of hydrogen-bond acceptors (Lipinski definition) is 7. The summed E-state index contributed by atoms with van der Waals surface area (Å²) < 4.78 is 0.705. The maximum atomic E-state index is 8.97. The van der Waals surface area contributed by atoms with Crippen molar-refractivity contribution in [2.75, 3.05) is 31.1 Å². The van der Waals surface area contributed by atoms with E-state index in [2.05, 4.69) is 80.7 Å². The first-order valence-corrected chi connectivity index (χ1v) is 15.5. The molecule has 8 nitrogen and oxygen atoms in total. The van der Waals surface area contributed by atoms with Crippen molar-refractivity contribution in [1.29, 1.82) is 5.26 Å². The largest absolute Gasteiger partial charge is 0.361 e. The Hall–Kier alpha value is -5.06. The summed E-state index contributed by atoms with van der Waals surface area (Å²) in [5.41, 5.74) is 2.57. The summed E-state index contributed by atoms with van der Waals surface area (Å²) in [4.78, 5) is 22.1. The molecule has 9 heteroatoms. The molecular formula is C36H29BrN8. The molecule has 0 amide bonds. The van der Waals surface area contributed by atoms with Gasteiger partial charge in [0.2, 0.25) is 0 Å². The van der Waals surface area contributed by atoms with Crippen LogP contribution in [0.3, 0.4) is 0 Å². The molecule has 2 aliphatic heterocycles. The number of aromatic nitrogens is 4. The van der Waals surface area contributed by atoms with E-state index in [4.69, 9.17) is 11.8 Å². The van der Waals surface area contributed by atoms with E-state index in [0.717, 1.165) is 55.7 Å². The fourth-order valence-electron chi connectivity index (χ4n) is 5.76. The van der Waals surface area contributed by atoms with Crippen molar-refractivity contribution in [2.45, 2.75) is 12.8 Å². The van der Waals surface area contributed by atoms with Gasteiger partial charge in [0.1, 0.15) is 29.0 Å². The molecule has 4 atom stereocenters. The fraction of sp³-hybridized carbons (Fsp3) is 0.278. The number of nitrogens with zero attached hydrogens (tertiary/aromatic N) is 7. The Balaban J connectivity index is 0.000000132. The SMILES string of the molecule is C(#CC12CNCC1C2)c1ccccn1.N#Cc1cccc(N2CC3CC3(C#Cc3ccccn3)C2)n1.[C-]#[N+]c1cccc(Br)n1. The minimum atomic E-state index is 0.0852. The van der Waals surface area contributed by atoms with Crippen LogP contribution in [0.25, 0.3) is 4.85 Å². The second-order valence-corrected chi connectivity index (χ2v) is 12.3. The highest BCUT2D eigenvalue weighted by molar-refractivity contribution is 9.10. The number of rotatable bonds is 1. The third kappa shape index (κ3) is 7.36. The molecule has 2 saturated carbocycles. The van der Waals surface area contributed by atoms with E-state index in [1.807, 2.05) is 48.5 Å². The summed E-state index contributed by atoms with van der Waals surface area (Å²) in [6.45, 7) is 10.7. The van der Waals surface area contributed by atoms with Gasteiger partial charge in [0.05, 0.1) is 5.41 Å². The molecule has 4 aliphatic rings. The van der Waals surface area contributed by atoms with Crippen LogP contribution in [0, 0.1) is 64.3 Å². The summed E-state index contributed by atoms with van der Waals surface area (Å²) in [7, 11) is 0. The van der Waals surface area contributed by atoms with Gasteiger partial charge in [-0.25, -0.2) is 15.0 Å². The van der Waals surface area contributed by atoms with Crippen molar-refractivity contribution < 1.29 is 0 Å². The number of pyridine rings is 4. The van der Waals surface area contributed by atoms with Crippen LogP contribution in [-0.2, 0) is 0 Å². The van der Waals surface area contributed by atoms with Gasteiger partial charge in [-0.3, -0.25) is 0 Å². The van der Waals surface area contributed by atoms with Gasteiger partial charge >= 0.3 is 0 Å². The second kappa shape index (κ2) is 13.3. The number of hydrogen-bond donors (Lipinski definition) is 1. The van der Waals surface area contributed by atoms with E-state index < -0.39 is 0 Å². The Morgan fingerprint density at radius 3 is 2.11 bits per heavy atom. The molecule has 2 saturated heterocycles. The van der Waals surface area contributed by atoms with E-state index >= 15 is 0 Å². The Morgan fingerprint density at radius 2 is 1.53 bits per heavy atom. The molecule has 2 aliphatic carbocycles. The van der Waals surface area contributed by atoms with Crippen molar-refractivity contribution in [3.63, 3.8) is 0 Å². The third-order valence-corrected chi connectivity index (χ3v) is 8.85. The van der Waals surface area contributed by atoms with E-state index in [0.29, 0.717) is 27.4 Å². The highest BCUT2D eigenvalue weighted by Gasteiger charge is 2.59. The number of nitriles is 1. The van der Waals surface area contributed by atoms with Crippen LogP contribution in [0.15, 0.2) is 89.8 Å². The third-order valence-electron chi connectivity index (χ3n) is 8.41. The molecule has 220 valence electrons. The first kappa shape index (κ1) is 30.0. The lowest BCUT2D eigenvalue weighted by atomic mass is 10.1. The second-order valence-electron chi connectivity index (χ2n) is 11.5. The molecule has 0 spiro atoms. The fourth-order valence-corrected chi connectivity index (χ4v) is 6.09. The Morgan fingerprint density at radius 1 is 0.844 bits per heavy atom. The van der Waals surface area contributed by atoms with Crippen LogP contribution in [-0.4, -0.2) is 46.1 Å². The number of piperidine rings is 2. The lowest BCUT2D eigenvalue weighted by Gasteiger charge is -2.20. The van der Waals surface area contributed by atoms with Gasteiger partial charge in [0.25, 0.3) is 5.82 Å². The number of anilines is 1. The van der Waals surface area contributed by atoms with Gasteiger partial charge < -0.3 is 15.1 Å². The highest BCUT2D eigenvalue weighted by atomic mass is 79.9. The van der Waals surface area contributed by atoms with Crippen molar-refractivity contribution in [3.8, 4) is 29.8 Å². The maximum absolute atomic E-state index is 8.97. The predicted molar refractivity (Wildman–Crippen MR) is 176 cm³/mol. The van der Waals surface area contributed by atoms with Gasteiger partial charge in [-0.15, -0.1) is 4.98 Å². The van der Waals surface area contributed by atoms with Gasteiger partial charge in [0.15, 0.2) is 4.60 Å². The minimum Gasteiger partial charge on any atom is -0.361 e. The topological polar surface area (TPSA) is 95.0 Å². The lowest BCUT2D eigenvalue weighted by molar-refractivity contribution is 0.666. The minimum absolute atomic E-state index is 0.0852. The van der Waals surface area contributed by atoms with Gasteiger partial charge in [-0.1, -0.05) is 42.7 Å². The standard InChI is InChI=1S/C18H14N4.C12H12N2.C6H3BrN2/c19-11-16-5-3-6-17(21-16)22-12-14-10-18(14,13-22)8-7-15-4-1-2-9-20-15;1-2-6-14-11(3-1)4-5-12-7-10(12)8-13-9-12;1-8-6-4-2-3-5(7)9-6/h1-6,9,14H,10,12-13H2;1-3,6,10,13H,7-9H2;2-4H. The van der Waals surface area contributed by atoms with Crippen molar-refractivity contribution in [2.24, 2.45) is 22.7 Å². The normalized spacial score (nSPS) is 24.1. The van der Waals surface area contributed by atoms with Crippen LogP contribution in [0.2, 0.25) is 0 Å². The predicted octanol–water partition coefficient (Wildman–Crippen LogP) is 5.66. The van der Waals surface area contributed by atoms with Gasteiger partial charge in [0, 0.05) is 37.4 Å². The summed E-state index contributed by atoms with van der Waals surface area (Å²) >= 11 is 3.15. The number of halogens is 1. The smallest absolute Gasteiger partial charge is 0.270 e. The van der Waals surface area contributed by atoms with Crippen LogP contribution < -0.4 is 10.2 Å². The van der Waals surface area contributed by atoms with E-state index in [-0.39, 0.29) is 5.41 Å². The van der Waals surface area contributed by atoms with E-state index in [9.17, 15) is 0 Å². The molecule has 6 heterocycles. The monoisotopic (exact) mass is 652 g/mol. The zero-order valence-corrected chi connectivity index (χ0v) is 26.1. The molecule has 8 rings (SSSR count). The first-order chi connectivity index (χ1) is 22.0. The molecule has 0 aromatic carbocycles. The van der Waals surface area contributed by atoms with Crippen LogP contribution in [0.1, 0.15) is 29.9 Å². The van der Waals surface area contributed by atoms with Crippen LogP contribution in [0.5, 0.6) is 0 Å². The van der Waals surface area contributed by atoms with Gasteiger partial charge in [-0.2, -0.15) is 5.26 Å². The van der Waals surface area contributed by atoms with Gasteiger partial charge in [-0.05, 0) is 108 Å². The summed E-state index contributed by atoms with van der Waals surface area (Å²) in [5.74, 6) is 15.9. The van der Waals surface area contributed by atoms with Crippen molar-refractivity contribution in [1.82, 2.24) is 25.3 Å². The number of fused-ring (bicyclic) bond motifs is 2. The average molecular weight is 654 g/mol. The quantitative estimate of drug-likeness (QED) is 0.161. The zero-order chi connectivity index (χ0) is 31.1. The molecule has 45 heavy (non-hydrogen) atoms. The Kier molecular flexibility index (Phi) is 8.86. The van der Waals surface area contributed by atoms with E-state index in [1.165, 1.54) is 6.42 Å². The first-order valence-electron chi connectivity index (χ1n) is 14.7. The lowest BCUT2D eigenvalue weighted by Crippen LogP contribution is -2.25. The molecule has 4 aromatic heterocycles. The molecule has 0 bridgehead atoms. The van der Waals surface area contributed by atoms with Crippen molar-refractivity contribution in [3.05, 3.63) is 118 Å². The van der Waals surface area contributed by atoms with Crippen LogP contribution >= 0.6 is 15.9 Å². The molecule has 4 aromatic rings. The average Bonchev–Trinajstić information content (AvgIpc) is 3.88.